The Morgan fingerprint density at radius 1 is 0.750 bits per heavy atom. The third kappa shape index (κ3) is 12.0. The maximum atomic E-state index is 14.2. The molecule has 0 aromatic heterocycles. The van der Waals surface area contributed by atoms with E-state index in [-0.39, 0.29) is 49.0 Å². The second kappa shape index (κ2) is 21.9. The number of hydrogen-bond donors (Lipinski definition) is 1. The Morgan fingerprint density at radius 2 is 1.36 bits per heavy atom. The Labute approximate surface area is 414 Å². The maximum Gasteiger partial charge on any atom is 0.416 e. The molecule has 0 bridgehead atoms. The number of amides is 3. The lowest BCUT2D eigenvalue weighted by Gasteiger charge is -2.44. The van der Waals surface area contributed by atoms with E-state index < -0.39 is 53.1 Å². The number of halogens is 7. The van der Waals surface area contributed by atoms with E-state index in [4.69, 9.17) is 9.47 Å². The molecule has 3 aliphatic rings. The molecule has 2 aliphatic heterocycles. The van der Waals surface area contributed by atoms with Crippen molar-refractivity contribution in [3.63, 3.8) is 0 Å². The van der Waals surface area contributed by atoms with Crippen molar-refractivity contribution in [2.45, 2.75) is 74.7 Å². The topological polar surface area (TPSA) is 94.7 Å². The first-order valence-corrected chi connectivity index (χ1v) is 24.1. The summed E-state index contributed by atoms with van der Waals surface area (Å²) in [4.78, 5) is 47.0. The normalized spacial score (nSPS) is 18.8. The molecule has 382 valence electrons. The molecule has 72 heavy (non-hydrogen) atoms. The van der Waals surface area contributed by atoms with Gasteiger partial charge in [0.05, 0.1) is 23.8 Å². The van der Waals surface area contributed by atoms with Crippen molar-refractivity contribution >= 4 is 17.7 Å². The van der Waals surface area contributed by atoms with Crippen molar-refractivity contribution in [2.75, 3.05) is 66.7 Å². The van der Waals surface area contributed by atoms with Crippen LogP contribution in [0, 0.1) is 5.82 Å². The number of likely N-dealkylation sites (N-methyl/N-ethyl adjacent to an activating group) is 1. The summed E-state index contributed by atoms with van der Waals surface area (Å²) in [6, 6.07) is 32.1. The van der Waals surface area contributed by atoms with Gasteiger partial charge in [-0.2, -0.15) is 26.3 Å². The Hall–Kier alpha value is -6.14. The van der Waals surface area contributed by atoms with Crippen LogP contribution < -0.4 is 5.32 Å². The molecule has 0 saturated carbocycles. The molecule has 5 aromatic carbocycles. The standard InChI is InChI=1S/C55H58F7N5O5/c1-64(24-8-25-65(2)50(69)40-15-13-39(14-16-40)34-63-33-38-9-4-3-5-10-38)49(68)35-71-48-31-41-11-6-7-12-47(41)52(48)21-26-66(27-22-52)28-23-53(43-17-19-46(56)20-18-43)36-67(37-72-53)51(70)42-29-44(54(57,58)59)32-45(30-42)55(60,61)62/h3-7,9-20,29-30,32,48,63H,8,21-28,31,33-37H2,1-2H3/t48-,53+/m0/s1. The van der Waals surface area contributed by atoms with Crippen LogP contribution in [0.5, 0.6) is 0 Å². The van der Waals surface area contributed by atoms with Gasteiger partial charge in [-0.1, -0.05) is 78.9 Å². The van der Waals surface area contributed by atoms with E-state index in [1.165, 1.54) is 35.4 Å². The molecule has 0 unspecified atom stereocenters. The lowest BCUT2D eigenvalue weighted by Crippen LogP contribution is -2.50. The van der Waals surface area contributed by atoms with Crippen LogP contribution in [-0.4, -0.2) is 110 Å². The number of piperidine rings is 1. The minimum atomic E-state index is -5.14. The molecule has 1 spiro atoms. The van der Waals surface area contributed by atoms with Crippen LogP contribution in [0.4, 0.5) is 30.7 Å². The number of benzene rings is 5. The van der Waals surface area contributed by atoms with Gasteiger partial charge in [0.25, 0.3) is 11.8 Å². The van der Waals surface area contributed by atoms with E-state index in [0.29, 0.717) is 88.2 Å². The van der Waals surface area contributed by atoms with Gasteiger partial charge in [-0.3, -0.25) is 14.4 Å². The first-order valence-electron chi connectivity index (χ1n) is 24.1. The number of hydrogen-bond acceptors (Lipinski definition) is 7. The molecule has 17 heteroatoms. The molecule has 2 fully saturated rings. The highest BCUT2D eigenvalue weighted by Crippen LogP contribution is 2.48. The number of fused-ring (bicyclic) bond motifs is 2. The Balaban J connectivity index is 0.844. The summed E-state index contributed by atoms with van der Waals surface area (Å²) in [6.07, 6.45) is -7.69. The van der Waals surface area contributed by atoms with Gasteiger partial charge in [0.15, 0.2) is 0 Å². The van der Waals surface area contributed by atoms with Gasteiger partial charge in [0, 0.05) is 63.4 Å². The summed E-state index contributed by atoms with van der Waals surface area (Å²) in [6.45, 7) is 3.25. The molecule has 8 rings (SSSR count). The van der Waals surface area contributed by atoms with E-state index in [1.807, 2.05) is 54.6 Å². The van der Waals surface area contributed by atoms with Crippen LogP contribution in [0.25, 0.3) is 0 Å². The van der Waals surface area contributed by atoms with E-state index in [9.17, 15) is 45.1 Å². The smallest absolute Gasteiger partial charge is 0.367 e. The quantitative estimate of drug-likeness (QED) is 0.0929. The van der Waals surface area contributed by atoms with Crippen molar-refractivity contribution in [2.24, 2.45) is 0 Å². The second-order valence-corrected chi connectivity index (χ2v) is 19.2. The van der Waals surface area contributed by atoms with Gasteiger partial charge >= 0.3 is 12.4 Å². The molecule has 2 atom stereocenters. The average Bonchev–Trinajstić information content (AvgIpc) is 3.94. The molecule has 10 nitrogen and oxygen atoms in total. The molecule has 2 saturated heterocycles. The monoisotopic (exact) mass is 1000 g/mol. The summed E-state index contributed by atoms with van der Waals surface area (Å²) < 4.78 is 109. The summed E-state index contributed by atoms with van der Waals surface area (Å²) in [5.74, 6) is -1.86. The molecule has 0 radical (unpaired) electrons. The zero-order valence-corrected chi connectivity index (χ0v) is 40.2. The molecular formula is C55H58F7N5O5. The number of ether oxygens (including phenoxy) is 2. The van der Waals surface area contributed by atoms with Crippen molar-refractivity contribution in [1.82, 2.24) is 24.9 Å². The summed E-state index contributed by atoms with van der Waals surface area (Å²) in [7, 11) is 3.48. The molecule has 3 amide bonds. The summed E-state index contributed by atoms with van der Waals surface area (Å²) >= 11 is 0. The molecule has 2 heterocycles. The van der Waals surface area contributed by atoms with Crippen LogP contribution in [0.2, 0.25) is 0 Å². The summed E-state index contributed by atoms with van der Waals surface area (Å²) in [5, 5.41) is 3.42. The maximum absolute atomic E-state index is 14.2. The van der Waals surface area contributed by atoms with Crippen LogP contribution in [0.15, 0.2) is 121 Å². The third-order valence-electron chi connectivity index (χ3n) is 14.5. The molecule has 5 aromatic rings. The van der Waals surface area contributed by atoms with E-state index in [2.05, 4.69) is 34.5 Å². The van der Waals surface area contributed by atoms with Crippen molar-refractivity contribution in [3.8, 4) is 0 Å². The lowest BCUT2D eigenvalue weighted by atomic mass is 9.72. The van der Waals surface area contributed by atoms with E-state index >= 15 is 0 Å². The predicted molar refractivity (Wildman–Crippen MR) is 256 cm³/mol. The number of likely N-dealkylation sites (tertiary alicyclic amines) is 1. The van der Waals surface area contributed by atoms with Crippen molar-refractivity contribution in [1.29, 1.82) is 0 Å². The molecule has 1 N–H and O–H groups in total. The number of carbonyl (C=O) groups is 3. The fraction of sp³-hybridized carbons (Fsp3) is 0.400. The van der Waals surface area contributed by atoms with Crippen LogP contribution in [0.3, 0.4) is 0 Å². The first-order chi connectivity index (χ1) is 34.3. The fourth-order valence-electron chi connectivity index (χ4n) is 10.3. The Bertz CT molecular complexity index is 2640. The zero-order valence-electron chi connectivity index (χ0n) is 40.2. The van der Waals surface area contributed by atoms with Gasteiger partial charge in [0.2, 0.25) is 5.91 Å². The zero-order chi connectivity index (χ0) is 51.3. The highest BCUT2D eigenvalue weighted by molar-refractivity contribution is 5.95. The Kier molecular flexibility index (Phi) is 15.9. The Morgan fingerprint density at radius 3 is 2.01 bits per heavy atom. The first kappa shape index (κ1) is 52.2. The predicted octanol–water partition coefficient (Wildman–Crippen LogP) is 9.46. The van der Waals surface area contributed by atoms with Crippen LogP contribution >= 0.6 is 0 Å². The number of carbonyl (C=O) groups excluding carboxylic acids is 3. The van der Waals surface area contributed by atoms with Gasteiger partial charge in [-0.15, -0.1) is 0 Å². The average molecular weight is 1000 g/mol. The van der Waals surface area contributed by atoms with E-state index in [0.717, 1.165) is 22.6 Å². The second-order valence-electron chi connectivity index (χ2n) is 19.2. The SMILES string of the molecule is CN(CCCN(C)C(=O)c1ccc(CNCc2ccccc2)cc1)C(=O)CO[C@H]1Cc2ccccc2C12CCN(CC[C@]1(c3ccc(F)cc3)CN(C(=O)c3cc(C(F)(F)F)cc(C(F)(F)F)c3)CO1)CC2. The van der Waals surface area contributed by atoms with E-state index in [1.54, 1.807) is 23.9 Å². The lowest BCUT2D eigenvalue weighted by molar-refractivity contribution is -0.143. The van der Waals surface area contributed by atoms with Crippen LogP contribution in [0.1, 0.15) is 85.3 Å². The van der Waals surface area contributed by atoms with Crippen molar-refractivity contribution in [3.05, 3.63) is 177 Å². The van der Waals surface area contributed by atoms with Gasteiger partial charge in [-0.05, 0) is 115 Å². The number of alkyl halides is 6. The number of nitrogens with one attached hydrogen (secondary N) is 1. The number of nitrogens with zero attached hydrogens (tertiary/aromatic N) is 4. The van der Waals surface area contributed by atoms with Gasteiger partial charge in [-0.25, -0.2) is 4.39 Å². The van der Waals surface area contributed by atoms with Gasteiger partial charge in [0.1, 0.15) is 24.8 Å². The molecular weight excluding hydrogens is 944 g/mol. The van der Waals surface area contributed by atoms with Crippen LogP contribution in [-0.2, 0) is 57.1 Å². The minimum absolute atomic E-state index is 0.0253. The highest BCUT2D eigenvalue weighted by Gasteiger charge is 2.50. The van der Waals surface area contributed by atoms with Gasteiger partial charge < -0.3 is 34.4 Å². The fourth-order valence-corrected chi connectivity index (χ4v) is 10.3. The molecule has 1 aliphatic carbocycles. The largest absolute Gasteiger partial charge is 0.416 e. The number of rotatable bonds is 17. The summed E-state index contributed by atoms with van der Waals surface area (Å²) in [5.41, 5.74) is 0.0859. The van der Waals surface area contributed by atoms with Crippen molar-refractivity contribution < 1.29 is 54.6 Å². The highest BCUT2D eigenvalue weighted by atomic mass is 19.4. The minimum Gasteiger partial charge on any atom is -0.367 e. The third-order valence-corrected chi connectivity index (χ3v) is 14.5.